The summed E-state index contributed by atoms with van der Waals surface area (Å²) in [5.41, 5.74) is 0.551. The van der Waals surface area contributed by atoms with Crippen LogP contribution in [0.5, 0.6) is 0 Å². The van der Waals surface area contributed by atoms with Gasteiger partial charge in [-0.05, 0) is 31.9 Å². The third-order valence-electron chi connectivity index (χ3n) is 3.34. The Balaban J connectivity index is 2.41. The van der Waals surface area contributed by atoms with Gasteiger partial charge in [0.15, 0.2) is 5.03 Å². The Morgan fingerprint density at radius 1 is 1.44 bits per heavy atom. The molecule has 6 heteroatoms. The van der Waals surface area contributed by atoms with Crippen LogP contribution in [0.1, 0.15) is 26.2 Å². The van der Waals surface area contributed by atoms with Crippen molar-refractivity contribution in [2.75, 3.05) is 18.9 Å². The fourth-order valence-corrected chi connectivity index (χ4v) is 4.14. The highest BCUT2D eigenvalue weighted by molar-refractivity contribution is 7.89. The normalized spacial score (nSPS) is 21.8. The molecule has 0 radical (unpaired) electrons. The van der Waals surface area contributed by atoms with Crippen molar-refractivity contribution in [2.45, 2.75) is 37.3 Å². The SMILES string of the molecule is CNc1cccnc1S(=O)(=O)N1CCCCC1C. The summed E-state index contributed by atoms with van der Waals surface area (Å²) in [6, 6.07) is 3.51. The lowest BCUT2D eigenvalue weighted by molar-refractivity contribution is 0.268. The van der Waals surface area contributed by atoms with E-state index in [0.717, 1.165) is 19.3 Å². The molecule has 2 heterocycles. The molecule has 1 saturated heterocycles. The van der Waals surface area contributed by atoms with Crippen molar-refractivity contribution in [3.8, 4) is 0 Å². The average Bonchev–Trinajstić information content (AvgIpc) is 2.39. The highest BCUT2D eigenvalue weighted by Gasteiger charge is 2.33. The topological polar surface area (TPSA) is 62.3 Å². The Labute approximate surface area is 108 Å². The number of nitrogens with one attached hydrogen (secondary N) is 1. The van der Waals surface area contributed by atoms with Gasteiger partial charge in [0.2, 0.25) is 0 Å². The molecular weight excluding hydrogens is 250 g/mol. The lowest BCUT2D eigenvalue weighted by Gasteiger charge is -2.32. The number of hydrogen-bond acceptors (Lipinski definition) is 4. The first kappa shape index (κ1) is 13.3. The maximum Gasteiger partial charge on any atom is 0.262 e. The number of hydrogen-bond donors (Lipinski definition) is 1. The van der Waals surface area contributed by atoms with Gasteiger partial charge in [-0.25, -0.2) is 13.4 Å². The molecule has 0 amide bonds. The zero-order chi connectivity index (χ0) is 13.2. The molecule has 0 bridgehead atoms. The first-order chi connectivity index (χ1) is 8.57. The first-order valence-corrected chi connectivity index (χ1v) is 7.66. The summed E-state index contributed by atoms with van der Waals surface area (Å²) in [7, 11) is -1.79. The Bertz CT molecular complexity index is 516. The Morgan fingerprint density at radius 2 is 2.22 bits per heavy atom. The predicted octanol–water partition coefficient (Wildman–Crippen LogP) is 1.69. The monoisotopic (exact) mass is 269 g/mol. The maximum atomic E-state index is 12.6. The van der Waals surface area contributed by atoms with Gasteiger partial charge in [0.25, 0.3) is 10.0 Å². The summed E-state index contributed by atoms with van der Waals surface area (Å²) in [5, 5.41) is 3.01. The standard InChI is InChI=1S/C12H19N3O2S/c1-10-6-3-4-9-15(10)18(16,17)12-11(13-2)7-5-8-14-12/h5,7-8,10,13H,3-4,6,9H2,1-2H3. The van der Waals surface area contributed by atoms with Crippen LogP contribution in [0.25, 0.3) is 0 Å². The summed E-state index contributed by atoms with van der Waals surface area (Å²) >= 11 is 0. The van der Waals surface area contributed by atoms with Crippen molar-refractivity contribution in [2.24, 2.45) is 0 Å². The molecule has 1 aromatic heterocycles. The number of anilines is 1. The first-order valence-electron chi connectivity index (χ1n) is 6.22. The number of pyridine rings is 1. The molecule has 0 aromatic carbocycles. The lowest BCUT2D eigenvalue weighted by Crippen LogP contribution is -2.42. The highest BCUT2D eigenvalue weighted by atomic mass is 32.2. The molecule has 1 fully saturated rings. The van der Waals surface area contributed by atoms with Crippen molar-refractivity contribution in [3.05, 3.63) is 18.3 Å². The number of rotatable bonds is 3. The number of aromatic nitrogens is 1. The minimum Gasteiger partial charge on any atom is -0.386 e. The van der Waals surface area contributed by atoms with Crippen molar-refractivity contribution < 1.29 is 8.42 Å². The fourth-order valence-electron chi connectivity index (χ4n) is 2.33. The van der Waals surface area contributed by atoms with Gasteiger partial charge in [-0.2, -0.15) is 4.31 Å². The molecule has 0 aliphatic carbocycles. The average molecular weight is 269 g/mol. The summed E-state index contributed by atoms with van der Waals surface area (Å²) in [6.45, 7) is 2.54. The molecular formula is C12H19N3O2S. The minimum atomic E-state index is -3.49. The van der Waals surface area contributed by atoms with Gasteiger partial charge in [-0.15, -0.1) is 0 Å². The third kappa shape index (κ3) is 2.35. The number of sulfonamides is 1. The van der Waals surface area contributed by atoms with E-state index in [1.165, 1.54) is 6.20 Å². The van der Waals surface area contributed by atoms with Crippen LogP contribution in [-0.2, 0) is 10.0 Å². The zero-order valence-electron chi connectivity index (χ0n) is 10.8. The quantitative estimate of drug-likeness (QED) is 0.907. The Hall–Kier alpha value is -1.14. The van der Waals surface area contributed by atoms with Gasteiger partial charge in [-0.1, -0.05) is 6.42 Å². The molecule has 100 valence electrons. The molecule has 1 aliphatic rings. The van der Waals surface area contributed by atoms with Crippen molar-refractivity contribution in [1.82, 2.24) is 9.29 Å². The van der Waals surface area contributed by atoms with E-state index in [1.54, 1.807) is 23.5 Å². The number of piperidine rings is 1. The molecule has 1 aromatic rings. The highest BCUT2D eigenvalue weighted by Crippen LogP contribution is 2.27. The van der Waals surface area contributed by atoms with Crippen molar-refractivity contribution in [1.29, 1.82) is 0 Å². The predicted molar refractivity (Wildman–Crippen MR) is 71.0 cm³/mol. The summed E-state index contributed by atoms with van der Waals surface area (Å²) in [5.74, 6) is 0. The summed E-state index contributed by atoms with van der Waals surface area (Å²) in [4.78, 5) is 4.04. The Morgan fingerprint density at radius 3 is 2.89 bits per heavy atom. The third-order valence-corrected chi connectivity index (χ3v) is 5.31. The second-order valence-corrected chi connectivity index (χ2v) is 6.37. The van der Waals surface area contributed by atoms with Gasteiger partial charge in [0.05, 0.1) is 5.69 Å². The van der Waals surface area contributed by atoms with E-state index in [4.69, 9.17) is 0 Å². The fraction of sp³-hybridized carbons (Fsp3) is 0.583. The Kier molecular flexibility index (Phi) is 3.87. The van der Waals surface area contributed by atoms with Crippen LogP contribution in [0.3, 0.4) is 0 Å². The molecule has 1 aliphatic heterocycles. The van der Waals surface area contributed by atoms with Crippen LogP contribution < -0.4 is 5.32 Å². The summed E-state index contributed by atoms with van der Waals surface area (Å²) < 4.78 is 26.8. The van der Waals surface area contributed by atoms with Gasteiger partial charge >= 0.3 is 0 Å². The van der Waals surface area contributed by atoms with Crippen LogP contribution in [0, 0.1) is 0 Å². The van der Waals surface area contributed by atoms with E-state index in [2.05, 4.69) is 10.3 Å². The van der Waals surface area contributed by atoms with E-state index in [9.17, 15) is 8.42 Å². The second kappa shape index (κ2) is 5.24. The number of nitrogens with zero attached hydrogens (tertiary/aromatic N) is 2. The molecule has 18 heavy (non-hydrogen) atoms. The van der Waals surface area contributed by atoms with E-state index >= 15 is 0 Å². The zero-order valence-corrected chi connectivity index (χ0v) is 11.6. The lowest BCUT2D eigenvalue weighted by atomic mass is 10.1. The van der Waals surface area contributed by atoms with E-state index in [1.807, 2.05) is 6.92 Å². The van der Waals surface area contributed by atoms with Crippen LogP contribution >= 0.6 is 0 Å². The van der Waals surface area contributed by atoms with Crippen molar-refractivity contribution in [3.63, 3.8) is 0 Å². The van der Waals surface area contributed by atoms with Crippen LogP contribution in [0.15, 0.2) is 23.4 Å². The van der Waals surface area contributed by atoms with E-state index in [0.29, 0.717) is 12.2 Å². The van der Waals surface area contributed by atoms with Crippen LogP contribution in [0.2, 0.25) is 0 Å². The van der Waals surface area contributed by atoms with Gasteiger partial charge < -0.3 is 5.32 Å². The van der Waals surface area contributed by atoms with E-state index < -0.39 is 10.0 Å². The van der Waals surface area contributed by atoms with Crippen LogP contribution in [0.4, 0.5) is 5.69 Å². The second-order valence-electron chi connectivity index (χ2n) is 4.57. The molecule has 1 unspecified atom stereocenters. The largest absolute Gasteiger partial charge is 0.386 e. The smallest absolute Gasteiger partial charge is 0.262 e. The van der Waals surface area contributed by atoms with Crippen LogP contribution in [-0.4, -0.2) is 37.3 Å². The van der Waals surface area contributed by atoms with Gasteiger partial charge in [-0.3, -0.25) is 0 Å². The molecule has 2 rings (SSSR count). The minimum absolute atomic E-state index is 0.0514. The molecule has 0 saturated carbocycles. The molecule has 1 atom stereocenters. The maximum absolute atomic E-state index is 12.6. The van der Waals surface area contributed by atoms with E-state index in [-0.39, 0.29) is 11.1 Å². The van der Waals surface area contributed by atoms with Gasteiger partial charge in [0, 0.05) is 25.8 Å². The van der Waals surface area contributed by atoms with Crippen molar-refractivity contribution >= 4 is 15.7 Å². The molecule has 0 spiro atoms. The molecule has 5 nitrogen and oxygen atoms in total. The molecule has 1 N–H and O–H groups in total. The summed E-state index contributed by atoms with van der Waals surface area (Å²) in [6.07, 6.45) is 4.45. The van der Waals surface area contributed by atoms with Gasteiger partial charge in [0.1, 0.15) is 0 Å².